The Morgan fingerprint density at radius 2 is 1.42 bits per heavy atom. The number of thiol groups is 1. The van der Waals surface area contributed by atoms with E-state index in [2.05, 4.69) is 17.6 Å². The van der Waals surface area contributed by atoms with Crippen molar-refractivity contribution in [2.45, 2.75) is 18.5 Å². The predicted octanol–water partition coefficient (Wildman–Crippen LogP) is 2.08. The predicted molar refractivity (Wildman–Crippen MR) is 54.5 cm³/mol. The van der Waals surface area contributed by atoms with Crippen molar-refractivity contribution in [2.24, 2.45) is 0 Å². The first-order valence-corrected chi connectivity index (χ1v) is 5.44. The van der Waals surface area contributed by atoms with E-state index in [0.717, 1.165) is 4.90 Å². The lowest BCUT2D eigenvalue weighted by Gasteiger charge is -2.32. The molecule has 0 spiro atoms. The highest BCUT2D eigenvalue weighted by molar-refractivity contribution is 7.77. The van der Waals surface area contributed by atoms with Gasteiger partial charge in [-0.3, -0.25) is 0 Å². The first kappa shape index (κ1) is 16.2. The molecule has 1 aliphatic rings. The second-order valence-electron chi connectivity index (χ2n) is 3.79. The monoisotopic (exact) mass is 312 g/mol. The van der Waals surface area contributed by atoms with Crippen molar-refractivity contribution in [3.05, 3.63) is 0 Å². The molecule has 0 saturated carbocycles. The van der Waals surface area contributed by atoms with E-state index in [9.17, 15) is 31.1 Å². The van der Waals surface area contributed by atoms with Crippen LogP contribution in [0.15, 0.2) is 0 Å². The molecule has 0 aromatic rings. The molecule has 1 amide bonds. The van der Waals surface area contributed by atoms with Gasteiger partial charge in [0.15, 0.2) is 0 Å². The van der Waals surface area contributed by atoms with Crippen LogP contribution in [0.5, 0.6) is 0 Å². The number of amides is 1. The van der Waals surface area contributed by atoms with Crippen molar-refractivity contribution in [3.63, 3.8) is 0 Å². The molecule has 4 nitrogen and oxygen atoms in total. The summed E-state index contributed by atoms with van der Waals surface area (Å²) in [6.07, 6.45) is -17.1. The Balaban J connectivity index is 2.67. The summed E-state index contributed by atoms with van der Waals surface area (Å²) in [5.74, 6) is 0. The molecule has 1 heterocycles. The molecule has 0 radical (unpaired) electrons. The standard InChI is InChI=1S/C8H10F6N2O2S/c9-7(10,11)5(8(12,13)14)18-6(17)15-1-3-16(19)4-2-15/h5,19H,1-4H2. The first-order valence-electron chi connectivity index (χ1n) is 5.04. The fourth-order valence-corrected chi connectivity index (χ4v) is 1.55. The third-order valence-corrected chi connectivity index (χ3v) is 2.73. The summed E-state index contributed by atoms with van der Waals surface area (Å²) in [6, 6.07) is 0. The van der Waals surface area contributed by atoms with E-state index in [1.807, 2.05) is 0 Å². The van der Waals surface area contributed by atoms with Gasteiger partial charge in [0.1, 0.15) is 0 Å². The Morgan fingerprint density at radius 3 is 1.79 bits per heavy atom. The number of nitrogens with zero attached hydrogens (tertiary/aromatic N) is 2. The number of halogens is 6. The van der Waals surface area contributed by atoms with E-state index in [1.54, 1.807) is 0 Å². The van der Waals surface area contributed by atoms with Crippen molar-refractivity contribution in [2.75, 3.05) is 26.2 Å². The molecule has 0 bridgehead atoms. The normalized spacial score (nSPS) is 18.8. The minimum absolute atomic E-state index is 0.0508. The topological polar surface area (TPSA) is 32.8 Å². The zero-order valence-corrected chi connectivity index (χ0v) is 10.2. The van der Waals surface area contributed by atoms with Crippen molar-refractivity contribution in [3.8, 4) is 0 Å². The molecule has 1 rings (SSSR count). The summed E-state index contributed by atoms with van der Waals surface area (Å²) in [7, 11) is 0. The second kappa shape index (κ2) is 5.65. The van der Waals surface area contributed by atoms with Gasteiger partial charge in [0.05, 0.1) is 0 Å². The molecule has 0 N–H and O–H groups in total. The van der Waals surface area contributed by atoms with E-state index >= 15 is 0 Å². The van der Waals surface area contributed by atoms with Gasteiger partial charge < -0.3 is 9.64 Å². The number of ether oxygens (including phenoxy) is 1. The Bertz CT molecular complexity index is 312. The van der Waals surface area contributed by atoms with Crippen LogP contribution < -0.4 is 0 Å². The summed E-state index contributed by atoms with van der Waals surface area (Å²) in [5.41, 5.74) is 0. The van der Waals surface area contributed by atoms with Crippen LogP contribution in [0.1, 0.15) is 0 Å². The SMILES string of the molecule is O=C(OC(C(F)(F)F)C(F)(F)F)N1CCN(S)CC1. The zero-order chi connectivity index (χ0) is 14.8. The largest absolute Gasteiger partial charge is 0.434 e. The van der Waals surface area contributed by atoms with Gasteiger partial charge in [-0.15, -0.1) is 0 Å². The van der Waals surface area contributed by atoms with E-state index in [-0.39, 0.29) is 26.2 Å². The van der Waals surface area contributed by atoms with E-state index in [4.69, 9.17) is 0 Å². The molecule has 19 heavy (non-hydrogen) atoms. The molecular formula is C8H10F6N2O2S. The molecule has 0 aliphatic carbocycles. The van der Waals surface area contributed by atoms with E-state index in [1.165, 1.54) is 4.31 Å². The van der Waals surface area contributed by atoms with Crippen LogP contribution in [-0.2, 0) is 4.74 Å². The molecule has 11 heteroatoms. The Morgan fingerprint density at radius 1 is 1.00 bits per heavy atom. The van der Waals surface area contributed by atoms with Gasteiger partial charge in [-0.25, -0.2) is 9.10 Å². The Hall–Kier alpha value is -0.840. The number of rotatable bonds is 1. The summed E-state index contributed by atoms with van der Waals surface area (Å²) in [5, 5.41) is 0. The number of piperazine rings is 1. The highest BCUT2D eigenvalue weighted by Crippen LogP contribution is 2.36. The summed E-state index contributed by atoms with van der Waals surface area (Å²) < 4.78 is 78.0. The number of hydrogen-bond donors (Lipinski definition) is 1. The first-order chi connectivity index (χ1) is 8.51. The summed E-state index contributed by atoms with van der Waals surface area (Å²) in [6.45, 7) is 0.345. The third-order valence-electron chi connectivity index (χ3n) is 2.33. The maximum Gasteiger partial charge on any atom is 0.434 e. The number of hydrogen-bond acceptors (Lipinski definition) is 4. The Kier molecular flexibility index (Phi) is 4.82. The van der Waals surface area contributed by atoms with Crippen molar-refractivity contribution in [1.29, 1.82) is 0 Å². The molecular weight excluding hydrogens is 302 g/mol. The molecule has 0 aromatic carbocycles. The van der Waals surface area contributed by atoms with Gasteiger partial charge in [0.25, 0.3) is 6.10 Å². The number of carbonyl (C=O) groups is 1. The van der Waals surface area contributed by atoms with E-state index < -0.39 is 24.5 Å². The van der Waals surface area contributed by atoms with Crippen LogP contribution in [0.4, 0.5) is 31.1 Å². The van der Waals surface area contributed by atoms with Gasteiger partial charge in [0, 0.05) is 26.2 Å². The smallest absolute Gasteiger partial charge is 0.426 e. The van der Waals surface area contributed by atoms with Crippen LogP contribution in [0.3, 0.4) is 0 Å². The van der Waals surface area contributed by atoms with Crippen LogP contribution in [0, 0.1) is 0 Å². The maximum absolute atomic E-state index is 12.2. The minimum atomic E-state index is -5.70. The molecule has 1 fully saturated rings. The van der Waals surface area contributed by atoms with Crippen molar-refractivity contribution in [1.82, 2.24) is 9.21 Å². The second-order valence-corrected chi connectivity index (χ2v) is 4.35. The Labute approximate surface area is 109 Å². The zero-order valence-electron chi connectivity index (χ0n) is 9.33. The van der Waals surface area contributed by atoms with E-state index in [0.29, 0.717) is 0 Å². The maximum atomic E-state index is 12.2. The number of alkyl halides is 6. The molecule has 112 valence electrons. The lowest BCUT2D eigenvalue weighted by Crippen LogP contribution is -2.51. The highest BCUT2D eigenvalue weighted by Gasteiger charge is 2.60. The lowest BCUT2D eigenvalue weighted by atomic mass is 10.3. The van der Waals surface area contributed by atoms with Crippen LogP contribution in [0.25, 0.3) is 0 Å². The average molecular weight is 312 g/mol. The molecule has 1 saturated heterocycles. The van der Waals surface area contributed by atoms with Crippen molar-refractivity contribution < 1.29 is 35.9 Å². The lowest BCUT2D eigenvalue weighted by molar-refractivity contribution is -0.308. The van der Waals surface area contributed by atoms with Gasteiger partial charge in [-0.2, -0.15) is 26.3 Å². The van der Waals surface area contributed by atoms with Gasteiger partial charge in [-0.05, 0) is 0 Å². The fourth-order valence-electron chi connectivity index (χ4n) is 1.37. The molecule has 0 aromatic heterocycles. The summed E-state index contributed by atoms with van der Waals surface area (Å²) >= 11 is 3.93. The van der Waals surface area contributed by atoms with Gasteiger partial charge >= 0.3 is 18.4 Å². The molecule has 0 atom stereocenters. The molecule has 1 aliphatic heterocycles. The average Bonchev–Trinajstić information content (AvgIpc) is 2.23. The van der Waals surface area contributed by atoms with Crippen LogP contribution in [0.2, 0.25) is 0 Å². The van der Waals surface area contributed by atoms with Crippen LogP contribution in [-0.4, -0.2) is 59.9 Å². The molecule has 0 unspecified atom stereocenters. The quantitative estimate of drug-likeness (QED) is 0.594. The van der Waals surface area contributed by atoms with Crippen LogP contribution >= 0.6 is 12.8 Å². The van der Waals surface area contributed by atoms with Gasteiger partial charge in [0.2, 0.25) is 0 Å². The highest BCUT2D eigenvalue weighted by atomic mass is 32.1. The fraction of sp³-hybridized carbons (Fsp3) is 0.875. The summed E-state index contributed by atoms with van der Waals surface area (Å²) in [4.78, 5) is 12.0. The minimum Gasteiger partial charge on any atom is -0.426 e. The third kappa shape index (κ3) is 4.64. The van der Waals surface area contributed by atoms with Gasteiger partial charge in [-0.1, -0.05) is 12.8 Å². The number of carbonyl (C=O) groups excluding carboxylic acids is 1. The van der Waals surface area contributed by atoms with Crippen molar-refractivity contribution >= 4 is 18.9 Å².